The molecule has 1 N–H and O–H groups in total. The van der Waals surface area contributed by atoms with Gasteiger partial charge in [0.25, 0.3) is 0 Å². The van der Waals surface area contributed by atoms with E-state index in [1.807, 2.05) is 32.0 Å². The number of anilines is 1. The number of aryl methyl sites for hydroxylation is 1. The number of carbonyl (C=O) groups excluding carboxylic acids is 1. The number of rotatable bonds is 5. The normalized spacial score (nSPS) is 11.8. The Morgan fingerprint density at radius 1 is 1.29 bits per heavy atom. The van der Waals surface area contributed by atoms with Gasteiger partial charge in [-0.05, 0) is 43.0 Å². The number of amides is 1. The Bertz CT molecular complexity index is 780. The lowest BCUT2D eigenvalue weighted by Gasteiger charge is -2.18. The molecule has 2 rings (SSSR count). The topological polar surface area (TPSA) is 65.8 Å². The molecule has 0 fully saturated rings. The first-order chi connectivity index (χ1) is 11.4. The Morgan fingerprint density at radius 3 is 2.71 bits per heavy atom. The lowest BCUT2D eigenvalue weighted by Crippen LogP contribution is -2.24. The zero-order valence-corrected chi connectivity index (χ0v) is 15.1. The molecule has 1 aromatic carbocycles. The SMILES string of the molecule is Cc1cccc(C(C)C)c1NC(=O)C(C)Sc1cc(C#N)ccn1. The van der Waals surface area contributed by atoms with Crippen molar-refractivity contribution in [1.82, 2.24) is 4.98 Å². The van der Waals surface area contributed by atoms with Gasteiger partial charge in [-0.15, -0.1) is 0 Å². The summed E-state index contributed by atoms with van der Waals surface area (Å²) in [6.45, 7) is 8.06. The fraction of sp³-hybridized carbons (Fsp3) is 0.316. The Balaban J connectivity index is 2.14. The number of pyridine rings is 1. The fourth-order valence-corrected chi connectivity index (χ4v) is 3.19. The third kappa shape index (κ3) is 4.36. The Kier molecular flexibility index (Phi) is 5.99. The van der Waals surface area contributed by atoms with Crippen molar-refractivity contribution in [1.29, 1.82) is 5.26 Å². The monoisotopic (exact) mass is 339 g/mol. The first-order valence-electron chi connectivity index (χ1n) is 7.85. The Labute approximate surface area is 147 Å². The first-order valence-corrected chi connectivity index (χ1v) is 8.73. The highest BCUT2D eigenvalue weighted by atomic mass is 32.2. The van der Waals surface area contributed by atoms with Gasteiger partial charge < -0.3 is 5.32 Å². The Hall–Kier alpha value is -2.32. The molecule has 5 heteroatoms. The van der Waals surface area contributed by atoms with E-state index in [4.69, 9.17) is 5.26 Å². The van der Waals surface area contributed by atoms with Crippen LogP contribution < -0.4 is 5.32 Å². The molecule has 1 heterocycles. The van der Waals surface area contributed by atoms with Crippen molar-refractivity contribution in [2.24, 2.45) is 0 Å². The van der Waals surface area contributed by atoms with Crippen molar-refractivity contribution in [3.8, 4) is 6.07 Å². The van der Waals surface area contributed by atoms with Crippen molar-refractivity contribution in [2.75, 3.05) is 5.32 Å². The molecule has 1 aromatic heterocycles. The second kappa shape index (κ2) is 7.98. The predicted molar refractivity (Wildman–Crippen MR) is 98.2 cm³/mol. The van der Waals surface area contributed by atoms with Crippen molar-refractivity contribution >= 4 is 23.4 Å². The van der Waals surface area contributed by atoms with Crippen LogP contribution in [0.5, 0.6) is 0 Å². The molecule has 2 aromatic rings. The highest BCUT2D eigenvalue weighted by molar-refractivity contribution is 8.00. The lowest BCUT2D eigenvalue weighted by molar-refractivity contribution is -0.115. The summed E-state index contributed by atoms with van der Waals surface area (Å²) in [7, 11) is 0. The minimum atomic E-state index is -0.314. The van der Waals surface area contributed by atoms with Crippen molar-refractivity contribution in [2.45, 2.75) is 43.9 Å². The van der Waals surface area contributed by atoms with E-state index in [0.29, 0.717) is 16.5 Å². The van der Waals surface area contributed by atoms with Gasteiger partial charge in [-0.25, -0.2) is 4.98 Å². The molecule has 1 amide bonds. The second-order valence-electron chi connectivity index (χ2n) is 5.94. The average Bonchev–Trinajstić information content (AvgIpc) is 2.56. The van der Waals surface area contributed by atoms with Gasteiger partial charge in [0.1, 0.15) is 0 Å². The van der Waals surface area contributed by atoms with E-state index >= 15 is 0 Å². The van der Waals surface area contributed by atoms with Crippen LogP contribution in [0.3, 0.4) is 0 Å². The molecule has 0 bridgehead atoms. The molecule has 0 saturated carbocycles. The number of thioether (sulfide) groups is 1. The predicted octanol–water partition coefficient (Wildman–Crippen LogP) is 4.50. The summed E-state index contributed by atoms with van der Waals surface area (Å²) in [5.74, 6) is 0.262. The highest BCUT2D eigenvalue weighted by Crippen LogP contribution is 2.29. The molecular weight excluding hydrogens is 318 g/mol. The van der Waals surface area contributed by atoms with Crippen molar-refractivity contribution < 1.29 is 4.79 Å². The van der Waals surface area contributed by atoms with Crippen LogP contribution in [0.4, 0.5) is 5.69 Å². The lowest BCUT2D eigenvalue weighted by atomic mass is 9.98. The third-order valence-corrected chi connectivity index (χ3v) is 4.74. The summed E-state index contributed by atoms with van der Waals surface area (Å²) >= 11 is 1.35. The smallest absolute Gasteiger partial charge is 0.237 e. The quantitative estimate of drug-likeness (QED) is 0.814. The first kappa shape index (κ1) is 18.0. The number of para-hydroxylation sites is 1. The van der Waals surface area contributed by atoms with Gasteiger partial charge in [0.05, 0.1) is 21.9 Å². The number of hydrogen-bond donors (Lipinski definition) is 1. The summed E-state index contributed by atoms with van der Waals surface area (Å²) in [5.41, 5.74) is 3.62. The molecule has 24 heavy (non-hydrogen) atoms. The van der Waals surface area contributed by atoms with E-state index in [1.165, 1.54) is 11.8 Å². The maximum atomic E-state index is 12.6. The maximum absolute atomic E-state index is 12.6. The number of nitriles is 1. The van der Waals surface area contributed by atoms with E-state index in [0.717, 1.165) is 16.8 Å². The zero-order valence-electron chi connectivity index (χ0n) is 14.3. The van der Waals surface area contributed by atoms with Gasteiger partial charge in [-0.1, -0.05) is 43.8 Å². The van der Waals surface area contributed by atoms with Gasteiger partial charge >= 0.3 is 0 Å². The molecule has 1 unspecified atom stereocenters. The molecule has 1 atom stereocenters. The summed E-state index contributed by atoms with van der Waals surface area (Å²) in [6, 6.07) is 11.5. The van der Waals surface area contributed by atoms with Crippen LogP contribution in [0.25, 0.3) is 0 Å². The minimum absolute atomic E-state index is 0.0691. The van der Waals surface area contributed by atoms with Gasteiger partial charge in [0, 0.05) is 11.9 Å². The summed E-state index contributed by atoms with van der Waals surface area (Å²) < 4.78 is 0. The van der Waals surface area contributed by atoms with Gasteiger partial charge in [0.15, 0.2) is 0 Å². The van der Waals surface area contributed by atoms with Crippen LogP contribution in [0.15, 0.2) is 41.6 Å². The number of nitrogens with one attached hydrogen (secondary N) is 1. The molecule has 0 spiro atoms. The number of aromatic nitrogens is 1. The van der Waals surface area contributed by atoms with Crippen LogP contribution in [-0.2, 0) is 4.79 Å². The number of benzene rings is 1. The highest BCUT2D eigenvalue weighted by Gasteiger charge is 2.18. The third-order valence-electron chi connectivity index (χ3n) is 3.71. The van der Waals surface area contributed by atoms with Crippen molar-refractivity contribution in [3.63, 3.8) is 0 Å². The fourth-order valence-electron chi connectivity index (χ4n) is 2.35. The standard InChI is InChI=1S/C19H21N3OS/c1-12(2)16-7-5-6-13(3)18(16)22-19(23)14(4)24-17-10-15(11-20)8-9-21-17/h5-10,12,14H,1-4H3,(H,22,23). The molecule has 0 aliphatic rings. The van der Waals surface area contributed by atoms with Crippen LogP contribution >= 0.6 is 11.8 Å². The largest absolute Gasteiger partial charge is 0.325 e. The van der Waals surface area contributed by atoms with E-state index in [9.17, 15) is 4.79 Å². The molecule has 0 radical (unpaired) electrons. The van der Waals surface area contributed by atoms with E-state index in [2.05, 4.69) is 30.2 Å². The van der Waals surface area contributed by atoms with Crippen LogP contribution in [-0.4, -0.2) is 16.1 Å². The number of nitrogens with zero attached hydrogens (tertiary/aromatic N) is 2. The zero-order chi connectivity index (χ0) is 17.7. The van der Waals surface area contributed by atoms with Crippen molar-refractivity contribution in [3.05, 3.63) is 53.2 Å². The second-order valence-corrected chi connectivity index (χ2v) is 7.30. The minimum Gasteiger partial charge on any atom is -0.325 e. The molecule has 124 valence electrons. The summed E-state index contributed by atoms with van der Waals surface area (Å²) in [6.07, 6.45) is 1.59. The van der Waals surface area contributed by atoms with Crippen LogP contribution in [0.2, 0.25) is 0 Å². The van der Waals surface area contributed by atoms with E-state index in [1.54, 1.807) is 18.3 Å². The number of carbonyl (C=O) groups is 1. The van der Waals surface area contributed by atoms with E-state index in [-0.39, 0.29) is 11.2 Å². The summed E-state index contributed by atoms with van der Waals surface area (Å²) in [5, 5.41) is 12.4. The molecular formula is C19H21N3OS. The molecule has 0 aliphatic carbocycles. The molecule has 4 nitrogen and oxygen atoms in total. The van der Waals surface area contributed by atoms with Gasteiger partial charge in [0.2, 0.25) is 5.91 Å². The summed E-state index contributed by atoms with van der Waals surface area (Å²) in [4.78, 5) is 16.8. The van der Waals surface area contributed by atoms with Gasteiger partial charge in [-0.3, -0.25) is 4.79 Å². The van der Waals surface area contributed by atoms with Gasteiger partial charge in [-0.2, -0.15) is 5.26 Å². The van der Waals surface area contributed by atoms with E-state index < -0.39 is 0 Å². The average molecular weight is 339 g/mol. The number of hydrogen-bond acceptors (Lipinski definition) is 4. The van der Waals surface area contributed by atoms with Crippen LogP contribution in [0.1, 0.15) is 43.4 Å². The maximum Gasteiger partial charge on any atom is 0.237 e. The molecule has 0 saturated heterocycles. The van der Waals surface area contributed by atoms with Crippen LogP contribution in [0, 0.1) is 18.3 Å². The Morgan fingerprint density at radius 2 is 2.04 bits per heavy atom. The molecule has 0 aliphatic heterocycles.